The lowest BCUT2D eigenvalue weighted by atomic mass is 10.0. The zero-order chi connectivity index (χ0) is 37.5. The first-order valence-electron chi connectivity index (χ1n) is 16.2. The fraction of sp³-hybridized carbons (Fsp3) is 0.750. The first-order valence-corrected chi connectivity index (χ1v) is 16.2. The van der Waals surface area contributed by atoms with Gasteiger partial charge in [-0.2, -0.15) is 0 Å². The summed E-state index contributed by atoms with van der Waals surface area (Å²) in [5.41, 5.74) is 27.4. The van der Waals surface area contributed by atoms with E-state index < -0.39 is 72.7 Å². The molecule has 21 N–H and O–H groups in total. The van der Waals surface area contributed by atoms with E-state index in [1.165, 1.54) is 0 Å². The molecule has 0 aromatic heterocycles. The standard InChI is InChI=1S/C28H58N14O7/c1-15(2)20(29)24(47)42-19(14-43)23(46)40-16(8-3-5-11-36-26(30)31)21(44)39-17(10-7-13-38-28(34)35)22(45)41-18(25(48)49)9-4-6-12-37-27(32)33/h15-20,26,36,43H,3-14,29-31H2,1-2H3,(H,39,44)(H,40,46)(H,41,45)(H,42,47)(H,48,49)(H4,32,33,37)(H4,34,35,38)/t16-,17-,18-,19-,20-/m0/s1. The summed E-state index contributed by atoms with van der Waals surface area (Å²) in [5.74, 6) is -5.18. The third kappa shape index (κ3) is 20.6. The third-order valence-electron chi connectivity index (χ3n) is 7.24. The molecule has 0 spiro atoms. The van der Waals surface area contributed by atoms with Crippen molar-refractivity contribution >= 4 is 41.5 Å². The minimum Gasteiger partial charge on any atom is -0.480 e. The van der Waals surface area contributed by atoms with E-state index in [9.17, 15) is 34.2 Å². The lowest BCUT2D eigenvalue weighted by Crippen LogP contribution is -2.59. The van der Waals surface area contributed by atoms with Crippen LogP contribution in [-0.2, 0) is 24.0 Å². The number of rotatable bonds is 26. The van der Waals surface area contributed by atoms with Gasteiger partial charge in [-0.05, 0) is 63.8 Å². The van der Waals surface area contributed by atoms with Crippen LogP contribution in [0, 0.1) is 16.7 Å². The highest BCUT2D eigenvalue weighted by molar-refractivity contribution is 5.95. The Morgan fingerprint density at radius 3 is 1.47 bits per heavy atom. The molecule has 49 heavy (non-hydrogen) atoms. The largest absolute Gasteiger partial charge is 0.480 e. The summed E-state index contributed by atoms with van der Waals surface area (Å²) in [6.07, 6.45) is 1.35. The van der Waals surface area contributed by atoms with Gasteiger partial charge in [0.2, 0.25) is 23.6 Å². The van der Waals surface area contributed by atoms with Gasteiger partial charge in [-0.3, -0.25) is 35.3 Å². The SMILES string of the molecule is CC(C)[C@H](N)C(=O)N[C@@H](CO)C(=O)N[C@@H](CCCCNC(N)N)C(=O)N[C@@H](CCCNC(=N)N)C(=O)N[C@@H](CCCCNC(=N)N)C(=O)O. The number of carboxylic acids is 1. The van der Waals surface area contributed by atoms with Crippen molar-refractivity contribution in [1.82, 2.24) is 37.2 Å². The maximum atomic E-state index is 13.6. The van der Waals surface area contributed by atoms with Gasteiger partial charge >= 0.3 is 5.97 Å². The Kier molecular flexibility index (Phi) is 22.6. The molecule has 0 saturated carbocycles. The molecule has 0 heterocycles. The van der Waals surface area contributed by atoms with Gasteiger partial charge < -0.3 is 70.8 Å². The smallest absolute Gasteiger partial charge is 0.326 e. The van der Waals surface area contributed by atoms with E-state index >= 15 is 0 Å². The number of carbonyl (C=O) groups is 5. The maximum absolute atomic E-state index is 13.6. The van der Waals surface area contributed by atoms with Crippen molar-refractivity contribution in [3.8, 4) is 0 Å². The number of carbonyl (C=O) groups excluding carboxylic acids is 4. The average molecular weight is 703 g/mol. The number of aliphatic carboxylic acids is 1. The quantitative estimate of drug-likeness (QED) is 0.0173. The molecule has 5 atom stereocenters. The number of carboxylic acid groups (broad SMARTS) is 1. The van der Waals surface area contributed by atoms with Crippen molar-refractivity contribution in [1.29, 1.82) is 10.8 Å². The highest BCUT2D eigenvalue weighted by Gasteiger charge is 2.31. The Morgan fingerprint density at radius 1 is 0.612 bits per heavy atom. The van der Waals surface area contributed by atoms with Gasteiger partial charge in [-0.25, -0.2) is 4.79 Å². The first kappa shape index (κ1) is 44.7. The topological polar surface area (TPSA) is 388 Å². The van der Waals surface area contributed by atoms with Crippen molar-refractivity contribution in [2.75, 3.05) is 26.2 Å². The Hall–Kier alpha value is -4.31. The Bertz CT molecular complexity index is 1080. The highest BCUT2D eigenvalue weighted by atomic mass is 16.4. The van der Waals surface area contributed by atoms with Gasteiger partial charge in [-0.15, -0.1) is 0 Å². The summed E-state index contributed by atoms with van der Waals surface area (Å²) < 4.78 is 0. The second kappa shape index (κ2) is 24.8. The number of aliphatic hydroxyl groups is 1. The Morgan fingerprint density at radius 2 is 1.02 bits per heavy atom. The Labute approximate surface area is 286 Å². The number of guanidine groups is 2. The van der Waals surface area contributed by atoms with E-state index in [1.807, 2.05) is 0 Å². The fourth-order valence-corrected chi connectivity index (χ4v) is 4.34. The van der Waals surface area contributed by atoms with E-state index in [1.54, 1.807) is 13.8 Å². The van der Waals surface area contributed by atoms with Crippen LogP contribution >= 0.6 is 0 Å². The normalized spacial score (nSPS) is 14.1. The number of unbranched alkanes of at least 4 members (excludes halogenated alkanes) is 2. The molecule has 282 valence electrons. The van der Waals surface area contributed by atoms with Crippen molar-refractivity contribution < 1.29 is 34.2 Å². The molecule has 21 nitrogen and oxygen atoms in total. The van der Waals surface area contributed by atoms with Gasteiger partial charge in [0, 0.05) is 13.1 Å². The van der Waals surface area contributed by atoms with Gasteiger partial charge in [0.1, 0.15) is 30.5 Å². The number of nitrogens with two attached hydrogens (primary N) is 5. The molecular formula is C28H58N14O7. The van der Waals surface area contributed by atoms with Crippen LogP contribution < -0.4 is 65.9 Å². The van der Waals surface area contributed by atoms with E-state index in [0.717, 1.165) is 0 Å². The molecule has 0 rings (SSSR count). The summed E-state index contributed by atoms with van der Waals surface area (Å²) in [6.45, 7) is 3.54. The summed E-state index contributed by atoms with van der Waals surface area (Å²) in [6, 6.07) is -6.16. The van der Waals surface area contributed by atoms with E-state index in [4.69, 9.17) is 39.5 Å². The third-order valence-corrected chi connectivity index (χ3v) is 7.24. The van der Waals surface area contributed by atoms with Crippen LogP contribution in [0.5, 0.6) is 0 Å². The van der Waals surface area contributed by atoms with Gasteiger partial charge in [0.05, 0.1) is 12.6 Å². The first-order chi connectivity index (χ1) is 23.0. The van der Waals surface area contributed by atoms with Crippen LogP contribution in [0.2, 0.25) is 0 Å². The molecule has 4 amide bonds. The van der Waals surface area contributed by atoms with Crippen LogP contribution in [0.15, 0.2) is 0 Å². The molecule has 0 aliphatic heterocycles. The second-order valence-electron chi connectivity index (χ2n) is 11.8. The van der Waals surface area contributed by atoms with Gasteiger partial charge in [0.15, 0.2) is 11.9 Å². The molecule has 0 unspecified atom stereocenters. The van der Waals surface area contributed by atoms with Crippen molar-refractivity contribution in [3.63, 3.8) is 0 Å². The molecule has 21 heteroatoms. The zero-order valence-corrected chi connectivity index (χ0v) is 28.3. The zero-order valence-electron chi connectivity index (χ0n) is 28.3. The predicted molar refractivity (Wildman–Crippen MR) is 182 cm³/mol. The molecule has 0 aliphatic rings. The van der Waals surface area contributed by atoms with Crippen LogP contribution in [0.25, 0.3) is 0 Å². The number of hydrogen-bond donors (Lipinski definition) is 16. The van der Waals surface area contributed by atoms with E-state index in [0.29, 0.717) is 38.8 Å². The van der Waals surface area contributed by atoms with Crippen LogP contribution in [0.4, 0.5) is 0 Å². The van der Waals surface area contributed by atoms with Gasteiger partial charge in [0.25, 0.3) is 0 Å². The summed E-state index contributed by atoms with van der Waals surface area (Å²) >= 11 is 0. The van der Waals surface area contributed by atoms with Crippen molar-refractivity contribution in [3.05, 3.63) is 0 Å². The van der Waals surface area contributed by atoms with Gasteiger partial charge in [-0.1, -0.05) is 13.8 Å². The van der Waals surface area contributed by atoms with Crippen molar-refractivity contribution in [2.45, 2.75) is 102 Å². The predicted octanol–water partition coefficient (Wildman–Crippen LogP) is -5.14. The molecule has 0 radical (unpaired) electrons. The number of aliphatic hydroxyl groups excluding tert-OH is 1. The highest BCUT2D eigenvalue weighted by Crippen LogP contribution is 2.08. The minimum absolute atomic E-state index is 0.00805. The van der Waals surface area contributed by atoms with Crippen LogP contribution in [0.1, 0.15) is 65.2 Å². The molecular weight excluding hydrogens is 644 g/mol. The molecule has 0 fully saturated rings. The molecule has 0 bridgehead atoms. The van der Waals surface area contributed by atoms with Crippen LogP contribution in [0.3, 0.4) is 0 Å². The number of nitrogens with one attached hydrogen (secondary N) is 9. The summed E-state index contributed by atoms with van der Waals surface area (Å²) in [4.78, 5) is 64.5. The number of hydrogen-bond acceptors (Lipinski definition) is 12. The maximum Gasteiger partial charge on any atom is 0.326 e. The van der Waals surface area contributed by atoms with Crippen LogP contribution in [-0.4, -0.2) is 114 Å². The average Bonchev–Trinajstić information content (AvgIpc) is 3.01. The molecule has 0 aliphatic carbocycles. The minimum atomic E-state index is -1.43. The number of amides is 4. The van der Waals surface area contributed by atoms with Crippen molar-refractivity contribution in [2.24, 2.45) is 34.6 Å². The monoisotopic (exact) mass is 702 g/mol. The fourth-order valence-electron chi connectivity index (χ4n) is 4.34. The molecule has 0 aromatic carbocycles. The lowest BCUT2D eigenvalue weighted by Gasteiger charge is -2.26. The summed E-state index contributed by atoms with van der Waals surface area (Å²) in [7, 11) is 0. The van der Waals surface area contributed by atoms with E-state index in [2.05, 4.69) is 37.2 Å². The lowest BCUT2D eigenvalue weighted by molar-refractivity contribution is -0.142. The molecule has 0 aromatic rings. The second-order valence-corrected chi connectivity index (χ2v) is 11.8. The summed E-state index contributed by atoms with van der Waals surface area (Å²) in [5, 5.41) is 52.0. The Balaban J connectivity index is 5.93. The molecule has 0 saturated heterocycles. The van der Waals surface area contributed by atoms with E-state index in [-0.39, 0.29) is 50.1 Å².